The fourth-order valence-corrected chi connectivity index (χ4v) is 4.03. The van der Waals surface area contributed by atoms with E-state index in [1.54, 1.807) is 0 Å². The summed E-state index contributed by atoms with van der Waals surface area (Å²) in [5, 5.41) is 8.80. The molecule has 0 aromatic heterocycles. The van der Waals surface area contributed by atoms with Gasteiger partial charge in [0.05, 0.1) is 0 Å². The minimum Gasteiger partial charge on any atom is -0.477 e. The van der Waals surface area contributed by atoms with Gasteiger partial charge in [0.15, 0.2) is 5.82 Å². The Kier molecular flexibility index (Phi) is 3.79. The zero-order valence-electron chi connectivity index (χ0n) is 11.6. The second kappa shape index (κ2) is 5.03. The maximum atomic E-state index is 14.1. The molecule has 1 fully saturated rings. The normalized spacial score (nSPS) is 18.9. The lowest BCUT2D eigenvalue weighted by Crippen LogP contribution is -2.31. The monoisotopic (exact) mass is 319 g/mol. The first-order valence-corrected chi connectivity index (χ1v) is 7.72. The molecule has 0 atom stereocenters. The third-order valence-electron chi connectivity index (χ3n) is 3.53. The van der Waals surface area contributed by atoms with Gasteiger partial charge in [0.2, 0.25) is 10.0 Å². The highest BCUT2D eigenvalue weighted by atomic mass is 32.2. The first-order valence-electron chi connectivity index (χ1n) is 6.28. The van der Waals surface area contributed by atoms with Gasteiger partial charge in [-0.3, -0.25) is 0 Å². The highest BCUT2D eigenvalue weighted by Gasteiger charge is 2.39. The molecule has 21 heavy (non-hydrogen) atoms. The lowest BCUT2D eigenvalue weighted by Gasteiger charge is -2.20. The predicted octanol–water partition coefficient (Wildman–Crippen LogP) is 2.08. The number of nitrogens with zero attached hydrogens (tertiary/aromatic N) is 1. The molecule has 1 aliphatic rings. The number of aromatic carboxylic acids is 1. The maximum absolute atomic E-state index is 14.1. The second-order valence-electron chi connectivity index (χ2n) is 5.79. The summed E-state index contributed by atoms with van der Waals surface area (Å²) < 4.78 is 53.3. The molecule has 0 aliphatic carbocycles. The molecule has 0 saturated carbocycles. The van der Waals surface area contributed by atoms with Gasteiger partial charge >= 0.3 is 5.97 Å². The van der Waals surface area contributed by atoms with E-state index in [0.29, 0.717) is 12.5 Å². The van der Waals surface area contributed by atoms with E-state index in [4.69, 9.17) is 5.11 Å². The minimum atomic E-state index is -4.18. The number of carboxylic acids is 1. The van der Waals surface area contributed by atoms with Crippen LogP contribution in [0, 0.1) is 17.0 Å². The lowest BCUT2D eigenvalue weighted by atomic mass is 9.93. The van der Waals surface area contributed by atoms with Gasteiger partial charge in [-0.05, 0) is 24.0 Å². The molecule has 1 aromatic carbocycles. The molecule has 116 valence electrons. The van der Waals surface area contributed by atoms with Crippen LogP contribution >= 0.6 is 0 Å². The lowest BCUT2D eigenvalue weighted by molar-refractivity contribution is 0.0685. The molecule has 0 spiro atoms. The van der Waals surface area contributed by atoms with Crippen LogP contribution in [0.25, 0.3) is 0 Å². The molecule has 1 aromatic rings. The van der Waals surface area contributed by atoms with Gasteiger partial charge in [-0.2, -0.15) is 4.31 Å². The minimum absolute atomic E-state index is 0.203. The van der Waals surface area contributed by atoms with Gasteiger partial charge in [0, 0.05) is 13.1 Å². The highest BCUT2D eigenvalue weighted by Crippen LogP contribution is 2.34. The Hall–Kier alpha value is -1.54. The molecule has 8 heteroatoms. The quantitative estimate of drug-likeness (QED) is 0.925. The van der Waals surface area contributed by atoms with Crippen molar-refractivity contribution in [3.8, 4) is 0 Å². The van der Waals surface area contributed by atoms with Gasteiger partial charge in [-0.25, -0.2) is 22.0 Å². The summed E-state index contributed by atoms with van der Waals surface area (Å²) in [6.45, 7) is 4.18. The van der Waals surface area contributed by atoms with E-state index in [9.17, 15) is 22.0 Å². The summed E-state index contributed by atoms with van der Waals surface area (Å²) in [6, 6.07) is 1.42. The van der Waals surface area contributed by atoms with Crippen molar-refractivity contribution in [3.63, 3.8) is 0 Å². The molecule has 2 rings (SSSR count). The van der Waals surface area contributed by atoms with Crippen molar-refractivity contribution in [2.24, 2.45) is 5.41 Å². The van der Waals surface area contributed by atoms with Crippen molar-refractivity contribution < 1.29 is 27.1 Å². The number of hydrogen-bond acceptors (Lipinski definition) is 3. The van der Waals surface area contributed by atoms with Crippen LogP contribution in [0.1, 0.15) is 30.6 Å². The fourth-order valence-electron chi connectivity index (χ4n) is 2.34. The molecule has 0 unspecified atom stereocenters. The summed E-state index contributed by atoms with van der Waals surface area (Å²) >= 11 is 0. The van der Waals surface area contributed by atoms with Crippen molar-refractivity contribution in [2.45, 2.75) is 25.2 Å². The summed E-state index contributed by atoms with van der Waals surface area (Å²) in [7, 11) is -4.18. The molecule has 1 saturated heterocycles. The molecular weight excluding hydrogens is 304 g/mol. The van der Waals surface area contributed by atoms with Crippen LogP contribution in [-0.2, 0) is 10.0 Å². The Morgan fingerprint density at radius 2 is 1.95 bits per heavy atom. The SMILES string of the molecule is CC1(C)CCN(S(=O)(=O)c2ccc(F)c(C(=O)O)c2F)C1. The van der Waals surface area contributed by atoms with E-state index < -0.39 is 38.1 Å². The van der Waals surface area contributed by atoms with Crippen LogP contribution in [0.3, 0.4) is 0 Å². The number of rotatable bonds is 3. The summed E-state index contributed by atoms with van der Waals surface area (Å²) in [6.07, 6.45) is 0.612. The van der Waals surface area contributed by atoms with Crippen molar-refractivity contribution in [3.05, 3.63) is 29.3 Å². The molecular formula is C13H15F2NO4S. The molecule has 1 heterocycles. The average molecular weight is 319 g/mol. The fraction of sp³-hybridized carbons (Fsp3) is 0.462. The van der Waals surface area contributed by atoms with Crippen LogP contribution in [0.5, 0.6) is 0 Å². The first-order chi connectivity index (χ1) is 9.56. The van der Waals surface area contributed by atoms with Gasteiger partial charge in [-0.15, -0.1) is 0 Å². The topological polar surface area (TPSA) is 74.7 Å². The number of sulfonamides is 1. The van der Waals surface area contributed by atoms with Gasteiger partial charge in [0.1, 0.15) is 16.3 Å². The van der Waals surface area contributed by atoms with E-state index in [-0.39, 0.29) is 18.5 Å². The first kappa shape index (κ1) is 15.8. The molecule has 0 bridgehead atoms. The Labute approximate surface area is 121 Å². The Balaban J connectivity index is 2.52. The summed E-state index contributed by atoms with van der Waals surface area (Å²) in [5.74, 6) is -4.71. The average Bonchev–Trinajstić information content (AvgIpc) is 2.69. The zero-order chi connectivity index (χ0) is 16.0. The van der Waals surface area contributed by atoms with Crippen LogP contribution in [0.4, 0.5) is 8.78 Å². The molecule has 1 N–H and O–H groups in total. The number of carbonyl (C=O) groups is 1. The van der Waals surface area contributed by atoms with Crippen LogP contribution in [0.2, 0.25) is 0 Å². The van der Waals surface area contributed by atoms with E-state index in [1.807, 2.05) is 13.8 Å². The Morgan fingerprint density at radius 3 is 2.43 bits per heavy atom. The van der Waals surface area contributed by atoms with Crippen LogP contribution < -0.4 is 0 Å². The summed E-state index contributed by atoms with van der Waals surface area (Å²) in [5.41, 5.74) is -1.49. The highest BCUT2D eigenvalue weighted by molar-refractivity contribution is 7.89. The van der Waals surface area contributed by atoms with E-state index in [0.717, 1.165) is 10.4 Å². The third kappa shape index (κ3) is 2.77. The van der Waals surface area contributed by atoms with Crippen molar-refractivity contribution in [2.75, 3.05) is 13.1 Å². The van der Waals surface area contributed by atoms with Crippen molar-refractivity contribution in [1.82, 2.24) is 4.31 Å². The van der Waals surface area contributed by atoms with Crippen molar-refractivity contribution >= 4 is 16.0 Å². The van der Waals surface area contributed by atoms with Crippen LogP contribution in [0.15, 0.2) is 17.0 Å². The second-order valence-corrected chi connectivity index (χ2v) is 7.70. The zero-order valence-corrected chi connectivity index (χ0v) is 12.4. The number of hydrogen-bond donors (Lipinski definition) is 1. The van der Waals surface area contributed by atoms with E-state index in [1.165, 1.54) is 0 Å². The molecule has 5 nitrogen and oxygen atoms in total. The largest absolute Gasteiger partial charge is 0.477 e. The molecule has 0 amide bonds. The number of benzene rings is 1. The third-order valence-corrected chi connectivity index (χ3v) is 5.39. The smallest absolute Gasteiger partial charge is 0.341 e. The standard InChI is InChI=1S/C13H15F2NO4S/c1-13(2)5-6-16(7-13)21(19,20)9-4-3-8(14)10(11(9)15)12(17)18/h3-4H,5-7H2,1-2H3,(H,17,18). The number of carboxylic acid groups (broad SMARTS) is 1. The van der Waals surface area contributed by atoms with Gasteiger partial charge in [0.25, 0.3) is 0 Å². The maximum Gasteiger partial charge on any atom is 0.341 e. The molecule has 1 aliphatic heterocycles. The van der Waals surface area contributed by atoms with Crippen LogP contribution in [-0.4, -0.2) is 36.9 Å². The summed E-state index contributed by atoms with van der Waals surface area (Å²) in [4.78, 5) is 10.1. The predicted molar refractivity (Wildman–Crippen MR) is 70.5 cm³/mol. The van der Waals surface area contributed by atoms with E-state index in [2.05, 4.69) is 0 Å². The Morgan fingerprint density at radius 1 is 1.33 bits per heavy atom. The van der Waals surface area contributed by atoms with E-state index >= 15 is 0 Å². The van der Waals surface area contributed by atoms with Gasteiger partial charge < -0.3 is 5.11 Å². The van der Waals surface area contributed by atoms with Gasteiger partial charge in [-0.1, -0.05) is 13.8 Å². The Bertz CT molecular complexity index is 700. The number of halogens is 2. The van der Waals surface area contributed by atoms with Crippen molar-refractivity contribution in [1.29, 1.82) is 0 Å². The molecule has 0 radical (unpaired) electrons.